The Morgan fingerprint density at radius 2 is 2.17 bits per heavy atom. The van der Waals surface area contributed by atoms with Crippen LogP contribution in [0, 0.1) is 10.7 Å². The largest absolute Gasteiger partial charge is 0.299 e. The maximum absolute atomic E-state index is 5.28. The number of aromatic amines is 1. The molecule has 0 fully saturated rings. The van der Waals surface area contributed by atoms with E-state index in [-0.39, 0.29) is 0 Å². The number of aromatic nitrogens is 5. The molecule has 98 valence electrons. The van der Waals surface area contributed by atoms with E-state index < -0.39 is 0 Å². The van der Waals surface area contributed by atoms with E-state index in [9.17, 15) is 0 Å². The average Bonchev–Trinajstić information content (AvgIpc) is 2.83. The van der Waals surface area contributed by atoms with Gasteiger partial charge in [-0.05, 0) is 30.6 Å². The smallest absolute Gasteiger partial charge is 0.195 e. The highest BCUT2D eigenvalue weighted by molar-refractivity contribution is 7.71. The zero-order valence-electron chi connectivity index (χ0n) is 11.3. The maximum Gasteiger partial charge on any atom is 0.195 e. The molecule has 0 aliphatic rings. The lowest BCUT2D eigenvalue weighted by atomic mass is 10.2. The second kappa shape index (κ2) is 5.06. The summed E-state index contributed by atoms with van der Waals surface area (Å²) in [4.78, 5) is 0. The van der Waals surface area contributed by atoms with Crippen molar-refractivity contribution in [3.05, 3.63) is 16.5 Å². The predicted octanol–water partition coefficient (Wildman–Crippen LogP) is 2.56. The van der Waals surface area contributed by atoms with E-state index in [1.54, 1.807) is 0 Å². The van der Waals surface area contributed by atoms with Crippen molar-refractivity contribution in [2.45, 2.75) is 33.7 Å². The molecular formula is C12H19N5S. The monoisotopic (exact) mass is 265 g/mol. The van der Waals surface area contributed by atoms with E-state index in [1.165, 1.54) is 0 Å². The molecule has 0 atom stereocenters. The standard InChI is InChI=1S/C12H19N5S/c1-5-9-6-10(16(4)15-9)11-13-14-12(18)17(11)7-8(2)3/h6,8H,5,7H2,1-4H3,(H,14,18). The van der Waals surface area contributed by atoms with Crippen molar-refractivity contribution in [3.63, 3.8) is 0 Å². The van der Waals surface area contributed by atoms with Gasteiger partial charge in [0.2, 0.25) is 0 Å². The summed E-state index contributed by atoms with van der Waals surface area (Å²) in [5.74, 6) is 1.38. The molecule has 0 unspecified atom stereocenters. The van der Waals surface area contributed by atoms with E-state index in [0.717, 1.165) is 30.2 Å². The van der Waals surface area contributed by atoms with Gasteiger partial charge in [0.1, 0.15) is 5.69 Å². The summed E-state index contributed by atoms with van der Waals surface area (Å²) in [7, 11) is 1.94. The van der Waals surface area contributed by atoms with Crippen molar-refractivity contribution in [1.82, 2.24) is 24.5 Å². The molecule has 2 aromatic rings. The quantitative estimate of drug-likeness (QED) is 0.864. The van der Waals surface area contributed by atoms with Crippen molar-refractivity contribution in [2.75, 3.05) is 0 Å². The third kappa shape index (κ3) is 2.38. The Balaban J connectivity index is 2.50. The fourth-order valence-corrected chi connectivity index (χ4v) is 2.16. The number of H-pyrrole nitrogens is 1. The molecule has 1 N–H and O–H groups in total. The van der Waals surface area contributed by atoms with Crippen LogP contribution in [0.25, 0.3) is 11.5 Å². The summed E-state index contributed by atoms with van der Waals surface area (Å²) in [5, 5.41) is 11.7. The van der Waals surface area contributed by atoms with Crippen LogP contribution >= 0.6 is 12.2 Å². The highest BCUT2D eigenvalue weighted by atomic mass is 32.1. The van der Waals surface area contributed by atoms with Crippen LogP contribution in [0.4, 0.5) is 0 Å². The van der Waals surface area contributed by atoms with Gasteiger partial charge in [-0.25, -0.2) is 0 Å². The zero-order valence-corrected chi connectivity index (χ0v) is 12.1. The Hall–Kier alpha value is -1.43. The van der Waals surface area contributed by atoms with Crippen molar-refractivity contribution < 1.29 is 0 Å². The SMILES string of the molecule is CCc1cc(-c2n[nH]c(=S)n2CC(C)C)n(C)n1. The first kappa shape index (κ1) is 13.0. The van der Waals surface area contributed by atoms with Crippen LogP contribution in [0.1, 0.15) is 26.5 Å². The van der Waals surface area contributed by atoms with Gasteiger partial charge in [-0.15, -0.1) is 0 Å². The third-order valence-corrected chi connectivity index (χ3v) is 3.14. The lowest BCUT2D eigenvalue weighted by Crippen LogP contribution is -2.08. The van der Waals surface area contributed by atoms with Crippen LogP contribution in [0.2, 0.25) is 0 Å². The van der Waals surface area contributed by atoms with E-state index in [2.05, 4.69) is 42.1 Å². The van der Waals surface area contributed by atoms with Crippen LogP contribution in [0.3, 0.4) is 0 Å². The maximum atomic E-state index is 5.28. The first-order valence-corrected chi connectivity index (χ1v) is 6.62. The molecule has 18 heavy (non-hydrogen) atoms. The third-order valence-electron chi connectivity index (χ3n) is 2.83. The van der Waals surface area contributed by atoms with Gasteiger partial charge in [-0.3, -0.25) is 14.3 Å². The Labute approximate surface area is 112 Å². The number of nitrogens with one attached hydrogen (secondary N) is 1. The molecule has 2 aromatic heterocycles. The Bertz CT molecular complexity index is 590. The first-order valence-electron chi connectivity index (χ1n) is 6.21. The molecule has 0 radical (unpaired) electrons. The summed E-state index contributed by atoms with van der Waals surface area (Å²) < 4.78 is 4.56. The van der Waals surface area contributed by atoms with Gasteiger partial charge in [-0.1, -0.05) is 20.8 Å². The van der Waals surface area contributed by atoms with Crippen LogP contribution in [0.15, 0.2) is 6.07 Å². The predicted molar refractivity (Wildman–Crippen MR) is 73.8 cm³/mol. The normalized spacial score (nSPS) is 11.4. The van der Waals surface area contributed by atoms with Crippen molar-refractivity contribution in [1.29, 1.82) is 0 Å². The molecule has 0 aromatic carbocycles. The number of nitrogens with zero attached hydrogens (tertiary/aromatic N) is 4. The fraction of sp³-hybridized carbons (Fsp3) is 0.583. The zero-order chi connectivity index (χ0) is 13.3. The lowest BCUT2D eigenvalue weighted by molar-refractivity contribution is 0.520. The molecule has 5 nitrogen and oxygen atoms in total. The summed E-state index contributed by atoms with van der Waals surface area (Å²) in [6.45, 7) is 7.28. The van der Waals surface area contributed by atoms with Gasteiger partial charge < -0.3 is 0 Å². The molecule has 0 aliphatic heterocycles. The van der Waals surface area contributed by atoms with Crippen molar-refractivity contribution >= 4 is 12.2 Å². The van der Waals surface area contributed by atoms with Crippen LogP contribution < -0.4 is 0 Å². The minimum Gasteiger partial charge on any atom is -0.299 e. The summed E-state index contributed by atoms with van der Waals surface area (Å²) in [5.41, 5.74) is 2.07. The molecular weight excluding hydrogens is 246 g/mol. The fourth-order valence-electron chi connectivity index (χ4n) is 1.96. The van der Waals surface area contributed by atoms with E-state index in [1.807, 2.05) is 16.3 Å². The Morgan fingerprint density at radius 3 is 2.72 bits per heavy atom. The molecule has 6 heteroatoms. The minimum atomic E-state index is 0.520. The molecule has 2 heterocycles. The molecule has 0 aliphatic carbocycles. The number of rotatable bonds is 4. The Morgan fingerprint density at radius 1 is 1.44 bits per heavy atom. The van der Waals surface area contributed by atoms with E-state index >= 15 is 0 Å². The summed E-state index contributed by atoms with van der Waals surface area (Å²) in [6, 6.07) is 2.07. The second-order valence-corrected chi connectivity index (χ2v) is 5.24. The number of hydrogen-bond donors (Lipinski definition) is 1. The topological polar surface area (TPSA) is 51.4 Å². The van der Waals surface area contributed by atoms with Crippen LogP contribution in [-0.2, 0) is 20.0 Å². The summed E-state index contributed by atoms with van der Waals surface area (Å²) in [6.07, 6.45) is 0.920. The molecule has 0 saturated heterocycles. The lowest BCUT2D eigenvalue weighted by Gasteiger charge is -2.09. The molecule has 0 bridgehead atoms. The minimum absolute atomic E-state index is 0.520. The average molecular weight is 265 g/mol. The number of aryl methyl sites for hydroxylation is 2. The molecule has 2 rings (SSSR count). The summed E-state index contributed by atoms with van der Waals surface area (Å²) >= 11 is 5.28. The second-order valence-electron chi connectivity index (χ2n) is 4.85. The van der Waals surface area contributed by atoms with Gasteiger partial charge in [0.15, 0.2) is 10.6 Å². The van der Waals surface area contributed by atoms with E-state index in [4.69, 9.17) is 12.2 Å². The Kier molecular flexibility index (Phi) is 3.65. The number of hydrogen-bond acceptors (Lipinski definition) is 3. The van der Waals surface area contributed by atoms with Gasteiger partial charge >= 0.3 is 0 Å². The van der Waals surface area contributed by atoms with Gasteiger partial charge in [0.25, 0.3) is 0 Å². The van der Waals surface area contributed by atoms with Crippen LogP contribution in [0.5, 0.6) is 0 Å². The highest BCUT2D eigenvalue weighted by Crippen LogP contribution is 2.19. The molecule has 0 spiro atoms. The highest BCUT2D eigenvalue weighted by Gasteiger charge is 2.14. The van der Waals surface area contributed by atoms with Crippen molar-refractivity contribution in [3.8, 4) is 11.5 Å². The van der Waals surface area contributed by atoms with E-state index in [0.29, 0.717) is 10.7 Å². The van der Waals surface area contributed by atoms with Gasteiger partial charge in [0.05, 0.1) is 5.69 Å². The van der Waals surface area contributed by atoms with Crippen molar-refractivity contribution in [2.24, 2.45) is 13.0 Å². The van der Waals surface area contributed by atoms with Crippen LogP contribution in [-0.4, -0.2) is 24.5 Å². The molecule has 0 saturated carbocycles. The molecule has 0 amide bonds. The first-order chi connectivity index (χ1) is 8.52. The van der Waals surface area contributed by atoms with Gasteiger partial charge in [0, 0.05) is 13.6 Å². The van der Waals surface area contributed by atoms with Gasteiger partial charge in [-0.2, -0.15) is 10.2 Å².